The van der Waals surface area contributed by atoms with Crippen molar-refractivity contribution in [3.63, 3.8) is 0 Å². The molecule has 0 atom stereocenters. The number of hydrogen-bond acceptors (Lipinski definition) is 3. The lowest BCUT2D eigenvalue weighted by Gasteiger charge is -2.42. The maximum absolute atomic E-state index is 13.5. The Bertz CT molecular complexity index is 814. The lowest BCUT2D eigenvalue weighted by atomic mass is 9.64. The molecule has 126 valence electrons. The maximum atomic E-state index is 13.5. The second-order valence-corrected chi connectivity index (χ2v) is 6.18. The Labute approximate surface area is 138 Å². The molecule has 0 aliphatic heterocycles. The van der Waals surface area contributed by atoms with Crippen LogP contribution in [0.2, 0.25) is 0 Å². The van der Waals surface area contributed by atoms with Gasteiger partial charge in [-0.25, -0.2) is 14.2 Å². The summed E-state index contributed by atoms with van der Waals surface area (Å²) in [6.07, 6.45) is 4.20. The number of amides is 2. The molecule has 0 unspecified atom stereocenters. The number of rotatable bonds is 4. The largest absolute Gasteiger partial charge is 0.337 e. The predicted molar refractivity (Wildman–Crippen MR) is 88.4 cm³/mol. The number of carbonyl (C=O) groups excluding carboxylic acids is 1. The van der Waals surface area contributed by atoms with E-state index >= 15 is 0 Å². The molecule has 0 bridgehead atoms. The number of anilines is 1. The van der Waals surface area contributed by atoms with Gasteiger partial charge in [-0.1, -0.05) is 18.6 Å². The predicted octanol–water partition coefficient (Wildman–Crippen LogP) is 2.16. The Balaban J connectivity index is 1.64. The summed E-state index contributed by atoms with van der Waals surface area (Å²) in [4.78, 5) is 27.5. The molecule has 1 aliphatic carbocycles. The number of aryl methyl sites for hydroxylation is 1. The monoisotopic (exact) mass is 330 g/mol. The van der Waals surface area contributed by atoms with Gasteiger partial charge in [-0.15, -0.1) is 0 Å². The molecule has 2 amide bonds. The summed E-state index contributed by atoms with van der Waals surface area (Å²) in [5.74, 6) is -0.0726. The molecule has 1 aromatic heterocycles. The van der Waals surface area contributed by atoms with Crippen molar-refractivity contribution in [1.82, 2.24) is 14.9 Å². The Morgan fingerprint density at radius 2 is 2.17 bits per heavy atom. The summed E-state index contributed by atoms with van der Waals surface area (Å²) in [7, 11) is 1.58. The van der Waals surface area contributed by atoms with Gasteiger partial charge in [0, 0.05) is 25.1 Å². The topological polar surface area (TPSA) is 76.0 Å². The van der Waals surface area contributed by atoms with Crippen LogP contribution in [0, 0.1) is 5.82 Å². The smallest absolute Gasteiger partial charge is 0.320 e. The fraction of sp³-hybridized carbons (Fsp3) is 0.353. The molecule has 1 fully saturated rings. The molecule has 6 nitrogen and oxygen atoms in total. The Morgan fingerprint density at radius 3 is 2.79 bits per heavy atom. The van der Waals surface area contributed by atoms with Crippen molar-refractivity contribution in [2.45, 2.75) is 24.7 Å². The van der Waals surface area contributed by atoms with Crippen molar-refractivity contribution in [2.75, 3.05) is 11.9 Å². The Hall–Kier alpha value is -2.70. The van der Waals surface area contributed by atoms with Crippen molar-refractivity contribution in [2.24, 2.45) is 7.05 Å². The summed E-state index contributed by atoms with van der Waals surface area (Å²) in [6.45, 7) is 0.410. The zero-order valence-electron chi connectivity index (χ0n) is 13.4. The molecule has 1 aromatic carbocycles. The fourth-order valence-corrected chi connectivity index (χ4v) is 2.93. The van der Waals surface area contributed by atoms with Gasteiger partial charge in [-0.05, 0) is 30.5 Å². The molecule has 2 aromatic rings. The van der Waals surface area contributed by atoms with Crippen LogP contribution < -0.4 is 16.2 Å². The molecule has 7 heteroatoms. The van der Waals surface area contributed by atoms with Crippen LogP contribution in [0.5, 0.6) is 0 Å². The molecule has 2 N–H and O–H groups in total. The molecular weight excluding hydrogens is 311 g/mol. The summed E-state index contributed by atoms with van der Waals surface area (Å²) in [5.41, 5.74) is 0.427. The zero-order valence-corrected chi connectivity index (χ0v) is 13.4. The van der Waals surface area contributed by atoms with Crippen molar-refractivity contribution >= 4 is 11.8 Å². The standard InChI is InChI=1S/C17H19FN4O2/c1-22-11-20-14(9-15(22)23)21-16(24)19-10-17(6-3-7-17)12-4-2-5-13(18)8-12/h2,4-5,8-9,11H,3,6-7,10H2,1H3,(H2,19,21,24). The average molecular weight is 330 g/mol. The van der Waals surface area contributed by atoms with Gasteiger partial charge in [0.2, 0.25) is 0 Å². The van der Waals surface area contributed by atoms with Crippen LogP contribution in [0.4, 0.5) is 15.0 Å². The highest BCUT2D eigenvalue weighted by Gasteiger charge is 2.39. The molecule has 24 heavy (non-hydrogen) atoms. The number of nitrogens with one attached hydrogen (secondary N) is 2. The SMILES string of the molecule is Cn1cnc(NC(=O)NCC2(c3cccc(F)c3)CCC2)cc1=O. The van der Waals surface area contributed by atoms with E-state index in [9.17, 15) is 14.0 Å². The molecule has 0 radical (unpaired) electrons. The van der Waals surface area contributed by atoms with E-state index in [-0.39, 0.29) is 22.6 Å². The second-order valence-electron chi connectivity index (χ2n) is 6.18. The molecule has 3 rings (SSSR count). The third kappa shape index (κ3) is 3.29. The van der Waals surface area contributed by atoms with E-state index in [1.807, 2.05) is 6.07 Å². The van der Waals surface area contributed by atoms with Gasteiger partial charge in [0.25, 0.3) is 5.56 Å². The first kappa shape index (κ1) is 16.2. The van der Waals surface area contributed by atoms with Crippen molar-refractivity contribution in [3.8, 4) is 0 Å². The minimum absolute atomic E-state index is 0.198. The van der Waals surface area contributed by atoms with Gasteiger partial charge in [0.15, 0.2) is 0 Å². The number of benzene rings is 1. The van der Waals surface area contributed by atoms with Gasteiger partial charge in [0.05, 0.1) is 6.33 Å². The number of aromatic nitrogens is 2. The van der Waals surface area contributed by atoms with E-state index in [0.29, 0.717) is 6.54 Å². The van der Waals surface area contributed by atoms with Crippen LogP contribution in [0.1, 0.15) is 24.8 Å². The van der Waals surface area contributed by atoms with Crippen LogP contribution in [0.15, 0.2) is 41.5 Å². The van der Waals surface area contributed by atoms with E-state index in [1.165, 1.54) is 29.1 Å². The maximum Gasteiger partial charge on any atom is 0.320 e. The van der Waals surface area contributed by atoms with Crippen molar-refractivity contribution in [3.05, 3.63) is 58.4 Å². The van der Waals surface area contributed by atoms with Crippen LogP contribution in [-0.4, -0.2) is 22.1 Å². The highest BCUT2D eigenvalue weighted by molar-refractivity contribution is 5.88. The van der Waals surface area contributed by atoms with Crippen molar-refractivity contribution < 1.29 is 9.18 Å². The van der Waals surface area contributed by atoms with E-state index in [2.05, 4.69) is 15.6 Å². The van der Waals surface area contributed by atoms with E-state index in [4.69, 9.17) is 0 Å². The van der Waals surface area contributed by atoms with E-state index < -0.39 is 6.03 Å². The molecule has 1 aliphatic rings. The van der Waals surface area contributed by atoms with Gasteiger partial charge in [-0.3, -0.25) is 10.1 Å². The van der Waals surface area contributed by atoms with Gasteiger partial charge >= 0.3 is 6.03 Å². The number of urea groups is 1. The van der Waals surface area contributed by atoms with Crippen LogP contribution >= 0.6 is 0 Å². The highest BCUT2D eigenvalue weighted by atomic mass is 19.1. The molecule has 1 saturated carbocycles. The summed E-state index contributed by atoms with van der Waals surface area (Å²) in [5, 5.41) is 5.35. The fourth-order valence-electron chi connectivity index (χ4n) is 2.93. The molecule has 0 saturated heterocycles. The third-order valence-corrected chi connectivity index (χ3v) is 4.55. The number of halogens is 1. The van der Waals surface area contributed by atoms with Crippen molar-refractivity contribution in [1.29, 1.82) is 0 Å². The lowest BCUT2D eigenvalue weighted by molar-refractivity contribution is 0.221. The molecule has 1 heterocycles. The summed E-state index contributed by atoms with van der Waals surface area (Å²) >= 11 is 0. The first-order valence-electron chi connectivity index (χ1n) is 7.82. The third-order valence-electron chi connectivity index (χ3n) is 4.55. The molecule has 0 spiro atoms. The lowest BCUT2D eigenvalue weighted by Crippen LogP contribution is -2.46. The Morgan fingerprint density at radius 1 is 1.38 bits per heavy atom. The van der Waals surface area contributed by atoms with Gasteiger partial charge in [0.1, 0.15) is 11.6 Å². The van der Waals surface area contributed by atoms with Crippen LogP contribution in [-0.2, 0) is 12.5 Å². The minimum atomic E-state index is -0.432. The second kappa shape index (κ2) is 6.43. The Kier molecular flexibility index (Phi) is 4.33. The molecular formula is C17H19FN4O2. The van der Waals surface area contributed by atoms with Gasteiger partial charge < -0.3 is 9.88 Å². The first-order chi connectivity index (χ1) is 11.5. The zero-order chi connectivity index (χ0) is 17.2. The number of carbonyl (C=O) groups is 1. The van der Waals surface area contributed by atoms with E-state index in [1.54, 1.807) is 13.1 Å². The van der Waals surface area contributed by atoms with E-state index in [0.717, 1.165) is 24.8 Å². The average Bonchev–Trinajstić information content (AvgIpc) is 2.50. The minimum Gasteiger partial charge on any atom is -0.337 e. The number of nitrogens with zero attached hydrogens (tertiary/aromatic N) is 2. The number of hydrogen-bond donors (Lipinski definition) is 2. The highest BCUT2D eigenvalue weighted by Crippen LogP contribution is 2.43. The normalized spacial score (nSPS) is 15.4. The van der Waals surface area contributed by atoms with Crippen LogP contribution in [0.3, 0.4) is 0 Å². The summed E-state index contributed by atoms with van der Waals surface area (Å²) < 4.78 is 14.8. The quantitative estimate of drug-likeness (QED) is 0.902. The first-order valence-corrected chi connectivity index (χ1v) is 7.82. The summed E-state index contributed by atoms with van der Waals surface area (Å²) in [6, 6.07) is 7.35. The van der Waals surface area contributed by atoms with Gasteiger partial charge in [-0.2, -0.15) is 0 Å². The van der Waals surface area contributed by atoms with Crippen LogP contribution in [0.25, 0.3) is 0 Å².